The highest BCUT2D eigenvalue weighted by Gasteiger charge is 2.36. The Labute approximate surface area is 186 Å². The quantitative estimate of drug-likeness (QED) is 0.306. The number of amides is 2. The van der Waals surface area contributed by atoms with E-state index in [9.17, 15) is 14.4 Å². The molecule has 0 N–H and O–H groups in total. The maximum Gasteiger partial charge on any atom is 0.352 e. The van der Waals surface area contributed by atoms with Gasteiger partial charge in [0.1, 0.15) is 11.5 Å². The summed E-state index contributed by atoms with van der Waals surface area (Å²) in [6.45, 7) is 3.74. The Morgan fingerprint density at radius 2 is 1.41 bits per heavy atom. The van der Waals surface area contributed by atoms with Gasteiger partial charge in [-0.1, -0.05) is 37.6 Å². The van der Waals surface area contributed by atoms with E-state index in [0.717, 1.165) is 17.7 Å². The van der Waals surface area contributed by atoms with Crippen molar-refractivity contribution in [2.45, 2.75) is 32.8 Å². The van der Waals surface area contributed by atoms with Crippen molar-refractivity contribution < 1.29 is 23.9 Å². The van der Waals surface area contributed by atoms with Crippen LogP contribution in [0.1, 0.15) is 46.5 Å². The summed E-state index contributed by atoms with van der Waals surface area (Å²) in [5.41, 5.74) is 2.38. The summed E-state index contributed by atoms with van der Waals surface area (Å²) in [4.78, 5) is 38.7. The van der Waals surface area contributed by atoms with Crippen LogP contribution < -0.4 is 14.4 Å². The van der Waals surface area contributed by atoms with Crippen molar-refractivity contribution in [2.75, 3.05) is 4.90 Å². The molecule has 1 atom stereocenters. The van der Waals surface area contributed by atoms with Crippen molar-refractivity contribution in [3.05, 3.63) is 89.5 Å². The molecule has 6 nitrogen and oxygen atoms in total. The van der Waals surface area contributed by atoms with E-state index < -0.39 is 12.1 Å². The van der Waals surface area contributed by atoms with E-state index in [2.05, 4.69) is 6.92 Å². The molecule has 0 spiro atoms. The predicted molar refractivity (Wildman–Crippen MR) is 120 cm³/mol. The molecule has 0 fully saturated rings. The summed E-state index contributed by atoms with van der Waals surface area (Å²) in [5, 5.41) is 0. The number of hydrogen-bond acceptors (Lipinski definition) is 5. The summed E-state index contributed by atoms with van der Waals surface area (Å²) >= 11 is 0. The highest BCUT2D eigenvalue weighted by Crippen LogP contribution is 2.29. The SMILES string of the molecule is CCCc1ccc(OC(C)C(=O)Oc2ccc(N3C(=O)c4ccccc4C3=O)cc2)cc1. The largest absolute Gasteiger partial charge is 0.479 e. The van der Waals surface area contributed by atoms with Crippen molar-refractivity contribution in [2.24, 2.45) is 0 Å². The Bertz CT molecular complexity index is 1120. The smallest absolute Gasteiger partial charge is 0.352 e. The molecule has 0 aliphatic carbocycles. The molecule has 0 radical (unpaired) electrons. The third-order valence-electron chi connectivity index (χ3n) is 5.21. The normalized spacial score (nSPS) is 13.6. The average molecular weight is 429 g/mol. The fourth-order valence-corrected chi connectivity index (χ4v) is 3.56. The van der Waals surface area contributed by atoms with Crippen LogP contribution in [0.25, 0.3) is 0 Å². The number of carbonyl (C=O) groups is 3. The fourth-order valence-electron chi connectivity index (χ4n) is 3.56. The van der Waals surface area contributed by atoms with Crippen LogP contribution in [-0.2, 0) is 11.2 Å². The van der Waals surface area contributed by atoms with E-state index in [0.29, 0.717) is 28.3 Å². The van der Waals surface area contributed by atoms with Gasteiger partial charge >= 0.3 is 5.97 Å². The summed E-state index contributed by atoms with van der Waals surface area (Å²) in [6, 6.07) is 20.6. The molecule has 32 heavy (non-hydrogen) atoms. The van der Waals surface area contributed by atoms with E-state index in [-0.39, 0.29) is 11.8 Å². The van der Waals surface area contributed by atoms with Gasteiger partial charge in [0.15, 0.2) is 6.10 Å². The number of ether oxygens (including phenoxy) is 2. The maximum absolute atomic E-state index is 12.6. The fraction of sp³-hybridized carbons (Fsp3) is 0.192. The summed E-state index contributed by atoms with van der Waals surface area (Å²) in [7, 11) is 0. The molecule has 162 valence electrons. The first-order valence-corrected chi connectivity index (χ1v) is 10.5. The number of anilines is 1. The van der Waals surface area contributed by atoms with Crippen LogP contribution >= 0.6 is 0 Å². The molecule has 0 saturated heterocycles. The Morgan fingerprint density at radius 1 is 0.844 bits per heavy atom. The van der Waals surface area contributed by atoms with Gasteiger partial charge in [0, 0.05) is 0 Å². The van der Waals surface area contributed by atoms with Gasteiger partial charge in [0.25, 0.3) is 11.8 Å². The third-order valence-corrected chi connectivity index (χ3v) is 5.21. The molecule has 2 amide bonds. The lowest BCUT2D eigenvalue weighted by molar-refractivity contribution is -0.141. The van der Waals surface area contributed by atoms with Crippen molar-refractivity contribution >= 4 is 23.5 Å². The second-order valence-electron chi connectivity index (χ2n) is 7.56. The number of nitrogens with zero attached hydrogens (tertiary/aromatic N) is 1. The number of aryl methyl sites for hydroxylation is 1. The first kappa shape index (κ1) is 21.3. The van der Waals surface area contributed by atoms with Gasteiger partial charge in [-0.15, -0.1) is 0 Å². The molecule has 1 aliphatic rings. The standard InChI is InChI=1S/C26H23NO5/c1-3-6-18-9-13-20(14-10-18)31-17(2)26(30)32-21-15-11-19(12-16-21)27-24(28)22-7-4-5-8-23(22)25(27)29/h4-5,7-17H,3,6H2,1-2H3. The van der Waals surface area contributed by atoms with Crippen LogP contribution in [0.5, 0.6) is 11.5 Å². The zero-order valence-corrected chi connectivity index (χ0v) is 17.9. The minimum Gasteiger partial charge on any atom is -0.479 e. The number of carbonyl (C=O) groups excluding carboxylic acids is 3. The van der Waals surface area contributed by atoms with Gasteiger partial charge in [-0.2, -0.15) is 0 Å². The van der Waals surface area contributed by atoms with Crippen LogP contribution in [0.3, 0.4) is 0 Å². The molecule has 1 aliphatic heterocycles. The molecule has 3 aromatic rings. The minimum absolute atomic E-state index is 0.295. The molecule has 3 aromatic carbocycles. The Hall–Kier alpha value is -3.93. The van der Waals surface area contributed by atoms with Crippen LogP contribution in [-0.4, -0.2) is 23.9 Å². The van der Waals surface area contributed by atoms with E-state index in [1.165, 1.54) is 5.56 Å². The molecule has 0 saturated carbocycles. The van der Waals surface area contributed by atoms with Crippen LogP contribution in [0.4, 0.5) is 5.69 Å². The van der Waals surface area contributed by atoms with E-state index >= 15 is 0 Å². The molecular weight excluding hydrogens is 406 g/mol. The second-order valence-corrected chi connectivity index (χ2v) is 7.56. The molecular formula is C26H23NO5. The highest BCUT2D eigenvalue weighted by molar-refractivity contribution is 6.34. The van der Waals surface area contributed by atoms with Crippen LogP contribution in [0.2, 0.25) is 0 Å². The number of rotatable bonds is 7. The van der Waals surface area contributed by atoms with Crippen LogP contribution in [0.15, 0.2) is 72.8 Å². The maximum atomic E-state index is 12.6. The number of esters is 1. The first-order valence-electron chi connectivity index (χ1n) is 10.5. The molecule has 1 unspecified atom stereocenters. The van der Waals surface area contributed by atoms with Crippen molar-refractivity contribution in [1.29, 1.82) is 0 Å². The second kappa shape index (κ2) is 9.06. The van der Waals surface area contributed by atoms with Gasteiger partial charge in [-0.25, -0.2) is 9.69 Å². The van der Waals surface area contributed by atoms with Crippen LogP contribution in [0, 0.1) is 0 Å². The van der Waals surface area contributed by atoms with E-state index in [1.54, 1.807) is 55.5 Å². The molecule has 0 bridgehead atoms. The van der Waals surface area contributed by atoms with Gasteiger partial charge in [-0.3, -0.25) is 9.59 Å². The number of hydrogen-bond donors (Lipinski definition) is 0. The van der Waals surface area contributed by atoms with Crippen molar-refractivity contribution in [1.82, 2.24) is 0 Å². The van der Waals surface area contributed by atoms with Crippen molar-refractivity contribution in [3.63, 3.8) is 0 Å². The summed E-state index contributed by atoms with van der Waals surface area (Å²) in [5.74, 6) is -0.403. The van der Waals surface area contributed by atoms with Gasteiger partial charge in [0.2, 0.25) is 0 Å². The van der Waals surface area contributed by atoms with Gasteiger partial charge in [-0.05, 0) is 67.4 Å². The third kappa shape index (κ3) is 4.25. The highest BCUT2D eigenvalue weighted by atomic mass is 16.6. The molecule has 4 rings (SSSR count). The van der Waals surface area contributed by atoms with Crippen molar-refractivity contribution in [3.8, 4) is 11.5 Å². The Balaban J connectivity index is 1.39. The number of benzene rings is 3. The lowest BCUT2D eigenvalue weighted by Gasteiger charge is -2.16. The Morgan fingerprint density at radius 3 is 1.97 bits per heavy atom. The minimum atomic E-state index is -0.803. The zero-order chi connectivity index (χ0) is 22.7. The van der Waals surface area contributed by atoms with E-state index in [1.807, 2.05) is 24.3 Å². The monoisotopic (exact) mass is 429 g/mol. The van der Waals surface area contributed by atoms with E-state index in [4.69, 9.17) is 9.47 Å². The number of imide groups is 1. The predicted octanol–water partition coefficient (Wildman–Crippen LogP) is 4.81. The average Bonchev–Trinajstić information content (AvgIpc) is 3.06. The molecule has 1 heterocycles. The molecule has 0 aromatic heterocycles. The topological polar surface area (TPSA) is 72.9 Å². The summed E-state index contributed by atoms with van der Waals surface area (Å²) in [6.07, 6.45) is 1.26. The first-order chi connectivity index (χ1) is 15.5. The lowest BCUT2D eigenvalue weighted by atomic mass is 10.1. The summed E-state index contributed by atoms with van der Waals surface area (Å²) < 4.78 is 11.1. The zero-order valence-electron chi connectivity index (χ0n) is 17.9. The number of fused-ring (bicyclic) bond motifs is 1. The van der Waals surface area contributed by atoms with Gasteiger partial charge in [0.05, 0.1) is 16.8 Å². The Kier molecular flexibility index (Phi) is 6.03. The lowest BCUT2D eigenvalue weighted by Crippen LogP contribution is -2.29. The molecule has 6 heteroatoms. The van der Waals surface area contributed by atoms with Gasteiger partial charge < -0.3 is 9.47 Å².